The molecule has 0 aromatic heterocycles. The molecule has 0 aromatic carbocycles. The summed E-state index contributed by atoms with van der Waals surface area (Å²) in [5.41, 5.74) is -0.0673. The van der Waals surface area contributed by atoms with Gasteiger partial charge in [-0.3, -0.25) is 14.4 Å². The van der Waals surface area contributed by atoms with E-state index in [1.54, 1.807) is 0 Å². The van der Waals surface area contributed by atoms with Crippen molar-refractivity contribution in [2.75, 3.05) is 39.3 Å². The molecule has 7 heteroatoms. The highest BCUT2D eigenvalue weighted by atomic mass is 16.2. The number of hydrogen-bond donors (Lipinski definition) is 3. The maximum Gasteiger partial charge on any atom is 0.220 e. The third-order valence-electron chi connectivity index (χ3n) is 13.6. The maximum atomic E-state index is 13.7. The first-order chi connectivity index (χ1) is 26.4. The van der Waals surface area contributed by atoms with Gasteiger partial charge in [0.2, 0.25) is 17.7 Å². The highest BCUT2D eigenvalue weighted by Crippen LogP contribution is 2.60. The summed E-state index contributed by atoms with van der Waals surface area (Å²) < 4.78 is 0. The fraction of sp³-hybridized carbons (Fsp3) is 0.938. The van der Waals surface area contributed by atoms with Crippen molar-refractivity contribution in [3.8, 4) is 0 Å². The molecular formula is C48H92N4O3. The van der Waals surface area contributed by atoms with Crippen LogP contribution >= 0.6 is 0 Å². The van der Waals surface area contributed by atoms with Gasteiger partial charge in [-0.05, 0) is 118 Å². The lowest BCUT2D eigenvalue weighted by Gasteiger charge is -2.58. The second-order valence-corrected chi connectivity index (χ2v) is 19.5. The van der Waals surface area contributed by atoms with Crippen molar-refractivity contribution in [1.82, 2.24) is 20.9 Å². The monoisotopic (exact) mass is 773 g/mol. The molecule has 0 radical (unpaired) electrons. The van der Waals surface area contributed by atoms with Crippen molar-refractivity contribution >= 4 is 17.7 Å². The number of fused-ring (bicyclic) bond motifs is 2. The van der Waals surface area contributed by atoms with Crippen molar-refractivity contribution < 1.29 is 14.4 Å². The van der Waals surface area contributed by atoms with E-state index in [9.17, 15) is 14.4 Å². The number of nitrogens with one attached hydrogen (secondary N) is 3. The zero-order chi connectivity index (χ0) is 40.6. The van der Waals surface area contributed by atoms with Gasteiger partial charge in [-0.15, -0.1) is 0 Å². The van der Waals surface area contributed by atoms with E-state index in [0.717, 1.165) is 83.8 Å². The van der Waals surface area contributed by atoms with Gasteiger partial charge >= 0.3 is 0 Å². The Labute approximate surface area is 341 Å². The van der Waals surface area contributed by atoms with Crippen molar-refractivity contribution in [2.24, 2.45) is 34.0 Å². The topological polar surface area (TPSA) is 90.5 Å². The van der Waals surface area contributed by atoms with Crippen LogP contribution in [0.25, 0.3) is 0 Å². The molecule has 2 fully saturated rings. The van der Waals surface area contributed by atoms with E-state index >= 15 is 0 Å². The Morgan fingerprint density at radius 2 is 0.945 bits per heavy atom. The minimum Gasteiger partial charge on any atom is -0.356 e. The van der Waals surface area contributed by atoms with E-state index < -0.39 is 0 Å². The Bertz CT molecular complexity index is 1040. The Kier molecular flexibility index (Phi) is 24.4. The first-order valence-corrected chi connectivity index (χ1v) is 23.9. The number of unbranched alkanes of at least 4 members (excludes halogenated alkanes) is 8. The second-order valence-electron chi connectivity index (χ2n) is 19.5. The van der Waals surface area contributed by atoms with E-state index in [4.69, 9.17) is 0 Å². The zero-order valence-electron chi connectivity index (χ0n) is 37.8. The fourth-order valence-electron chi connectivity index (χ4n) is 11.0. The van der Waals surface area contributed by atoms with Crippen LogP contribution in [0.5, 0.6) is 0 Å². The zero-order valence-corrected chi connectivity index (χ0v) is 37.8. The third-order valence-corrected chi connectivity index (χ3v) is 13.6. The first-order valence-electron chi connectivity index (χ1n) is 23.9. The molecule has 2 bridgehead atoms. The lowest BCUT2D eigenvalue weighted by atomic mass is 9.49. The van der Waals surface area contributed by atoms with Crippen molar-refractivity contribution in [3.05, 3.63) is 0 Å². The summed E-state index contributed by atoms with van der Waals surface area (Å²) in [6.45, 7) is 23.3. The number of hydrogen-bond acceptors (Lipinski definition) is 4. The molecule has 4 unspecified atom stereocenters. The quantitative estimate of drug-likeness (QED) is 0.0594. The summed E-state index contributed by atoms with van der Waals surface area (Å²) in [6, 6.07) is 0. The van der Waals surface area contributed by atoms with Gasteiger partial charge in [0.05, 0.1) is 0 Å². The van der Waals surface area contributed by atoms with Crippen molar-refractivity contribution in [3.63, 3.8) is 0 Å². The Morgan fingerprint density at radius 3 is 1.35 bits per heavy atom. The number of nitrogens with zero attached hydrogens (tertiary/aromatic N) is 1. The van der Waals surface area contributed by atoms with Crippen molar-refractivity contribution in [2.45, 2.75) is 216 Å². The van der Waals surface area contributed by atoms with E-state index in [-0.39, 0.29) is 34.0 Å². The van der Waals surface area contributed by atoms with Gasteiger partial charge in [-0.2, -0.15) is 0 Å². The van der Waals surface area contributed by atoms with Crippen LogP contribution in [0.1, 0.15) is 216 Å². The smallest absolute Gasteiger partial charge is 0.220 e. The van der Waals surface area contributed by atoms with Gasteiger partial charge in [0.1, 0.15) is 0 Å². The largest absolute Gasteiger partial charge is 0.356 e. The van der Waals surface area contributed by atoms with Crippen LogP contribution in [-0.4, -0.2) is 61.9 Å². The van der Waals surface area contributed by atoms with Crippen LogP contribution in [0.15, 0.2) is 0 Å². The summed E-state index contributed by atoms with van der Waals surface area (Å²) in [7, 11) is 0. The van der Waals surface area contributed by atoms with Crippen LogP contribution in [0.2, 0.25) is 0 Å². The highest BCUT2D eigenvalue weighted by Gasteiger charge is 2.53. The highest BCUT2D eigenvalue weighted by molar-refractivity contribution is 5.77. The van der Waals surface area contributed by atoms with Crippen LogP contribution < -0.4 is 16.0 Å². The Balaban J connectivity index is 2.16. The standard InChI is InChI=1S/C48H92N4O3/c1-9-15-19-24-40(25-20-16-10-2)30-44(54)50-38-47(8)33-42-32-46(7,37-49-43(53)28-23-29-52(13-5)14-6)35-48(34-42,36-47)39-51-45(55)31-41(26-21-17-11-3)27-22-18-12-4/h40-42H,9-39H2,1-8H3,(H,49,53)(H,50,54)(H,51,55). The number of carbonyl (C=O) groups excluding carboxylic acids is 3. The van der Waals surface area contributed by atoms with Gasteiger partial charge in [-0.25, -0.2) is 0 Å². The SMILES string of the molecule is CCCCCC(CCCCC)CC(=O)NCC1(C)CC2CC(C)(CNC(=O)CCCN(CC)CC)CC(CNC(=O)CC(CCCCC)CCCCC)(C2)C1. The molecule has 322 valence electrons. The van der Waals surface area contributed by atoms with Gasteiger partial charge in [0.15, 0.2) is 0 Å². The minimum absolute atomic E-state index is 0.0128. The molecule has 3 amide bonds. The van der Waals surface area contributed by atoms with Crippen LogP contribution in [0, 0.1) is 34.0 Å². The average Bonchev–Trinajstić information content (AvgIpc) is 3.14. The number of amides is 3. The number of carbonyl (C=O) groups is 3. The molecule has 4 atom stereocenters. The molecular weight excluding hydrogens is 681 g/mol. The summed E-state index contributed by atoms with van der Waals surface area (Å²) in [4.78, 5) is 42.7. The second kappa shape index (κ2) is 27.1. The molecule has 2 aliphatic carbocycles. The maximum absolute atomic E-state index is 13.7. The van der Waals surface area contributed by atoms with Crippen LogP contribution in [0.3, 0.4) is 0 Å². The molecule has 7 nitrogen and oxygen atoms in total. The third kappa shape index (κ3) is 20.1. The summed E-state index contributed by atoms with van der Waals surface area (Å²) >= 11 is 0. The number of rotatable bonds is 32. The van der Waals surface area contributed by atoms with Crippen molar-refractivity contribution in [1.29, 1.82) is 0 Å². The van der Waals surface area contributed by atoms with Gasteiger partial charge in [0, 0.05) is 38.9 Å². The molecule has 0 heterocycles. The molecule has 0 spiro atoms. The predicted octanol–water partition coefficient (Wildman–Crippen LogP) is 11.4. The average molecular weight is 773 g/mol. The molecule has 2 saturated carbocycles. The molecule has 0 aromatic rings. The molecule has 55 heavy (non-hydrogen) atoms. The van der Waals surface area contributed by atoms with Crippen LogP contribution in [-0.2, 0) is 14.4 Å². The normalized spacial score (nSPS) is 23.7. The molecule has 3 N–H and O–H groups in total. The van der Waals surface area contributed by atoms with E-state index in [1.807, 2.05) is 0 Å². The molecule has 0 saturated heterocycles. The molecule has 2 rings (SSSR count). The summed E-state index contributed by atoms with van der Waals surface area (Å²) in [6.07, 6.45) is 27.4. The Morgan fingerprint density at radius 1 is 0.545 bits per heavy atom. The molecule has 0 aliphatic heterocycles. The summed E-state index contributed by atoms with van der Waals surface area (Å²) in [5, 5.41) is 10.3. The van der Waals surface area contributed by atoms with Gasteiger partial charge in [-0.1, -0.05) is 132 Å². The van der Waals surface area contributed by atoms with Gasteiger partial charge in [0.25, 0.3) is 0 Å². The van der Waals surface area contributed by atoms with Gasteiger partial charge < -0.3 is 20.9 Å². The fourth-order valence-corrected chi connectivity index (χ4v) is 11.0. The minimum atomic E-state index is -0.0404. The van der Waals surface area contributed by atoms with Crippen LogP contribution in [0.4, 0.5) is 0 Å². The predicted molar refractivity (Wildman–Crippen MR) is 234 cm³/mol. The van der Waals surface area contributed by atoms with E-state index in [0.29, 0.717) is 56.7 Å². The first kappa shape index (κ1) is 49.5. The molecule has 2 aliphatic rings. The Hall–Kier alpha value is -1.63. The summed E-state index contributed by atoms with van der Waals surface area (Å²) in [5.74, 6) is 2.07. The lowest BCUT2D eigenvalue weighted by molar-refractivity contribution is -0.125. The van der Waals surface area contributed by atoms with E-state index in [1.165, 1.54) is 77.0 Å². The lowest BCUT2D eigenvalue weighted by Crippen LogP contribution is -2.56. The van der Waals surface area contributed by atoms with E-state index in [2.05, 4.69) is 76.2 Å².